The van der Waals surface area contributed by atoms with E-state index >= 15 is 0 Å². The van der Waals surface area contributed by atoms with Gasteiger partial charge in [-0.3, -0.25) is 0 Å². The molecule has 2 nitrogen and oxygen atoms in total. The predicted octanol–water partition coefficient (Wildman–Crippen LogP) is 4.08. The molecule has 20 heavy (non-hydrogen) atoms. The van der Waals surface area contributed by atoms with Gasteiger partial charge in [0, 0.05) is 10.3 Å². The van der Waals surface area contributed by atoms with Crippen LogP contribution in [0.3, 0.4) is 0 Å². The van der Waals surface area contributed by atoms with Gasteiger partial charge in [-0.2, -0.15) is 13.2 Å². The normalized spacial score (nSPS) is 13.2. The molecule has 0 amide bonds. The van der Waals surface area contributed by atoms with Crippen LogP contribution < -0.4 is 10.1 Å². The highest BCUT2D eigenvalue weighted by atomic mass is 32.1. The summed E-state index contributed by atoms with van der Waals surface area (Å²) in [4.78, 5) is 0.990. The van der Waals surface area contributed by atoms with Crippen molar-refractivity contribution in [3.8, 4) is 5.75 Å². The maximum atomic E-state index is 12.5. The first kappa shape index (κ1) is 14.9. The molecule has 1 atom stereocenters. The molecule has 108 valence electrons. The molecule has 0 bridgehead atoms. The average Bonchev–Trinajstić information content (AvgIpc) is 2.88. The fourth-order valence-corrected chi connectivity index (χ4v) is 2.92. The molecule has 2 aromatic rings. The molecule has 0 fully saturated rings. The fourth-order valence-electron chi connectivity index (χ4n) is 1.93. The van der Waals surface area contributed by atoms with Crippen LogP contribution in [0.5, 0.6) is 5.75 Å². The lowest BCUT2D eigenvalue weighted by molar-refractivity contribution is -0.137. The van der Waals surface area contributed by atoms with Crippen molar-refractivity contribution >= 4 is 11.3 Å². The molecular weight excluding hydrogens is 287 g/mol. The zero-order valence-electron chi connectivity index (χ0n) is 11.0. The Labute approximate surface area is 119 Å². The SMILES string of the molecule is CNC(c1ccc(C(F)(F)F)cc1)c1cc(OC)cs1. The van der Waals surface area contributed by atoms with Crippen molar-refractivity contribution in [3.05, 3.63) is 51.7 Å². The van der Waals surface area contributed by atoms with Crippen molar-refractivity contribution in [2.45, 2.75) is 12.2 Å². The number of benzene rings is 1. The summed E-state index contributed by atoms with van der Waals surface area (Å²) in [6.45, 7) is 0. The second kappa shape index (κ2) is 5.85. The fraction of sp³-hybridized carbons (Fsp3) is 0.286. The number of alkyl halides is 3. The highest BCUT2D eigenvalue weighted by Gasteiger charge is 2.30. The molecule has 1 aromatic carbocycles. The van der Waals surface area contributed by atoms with E-state index in [1.54, 1.807) is 14.2 Å². The predicted molar refractivity (Wildman–Crippen MR) is 73.2 cm³/mol. The van der Waals surface area contributed by atoms with Crippen molar-refractivity contribution in [1.82, 2.24) is 5.32 Å². The van der Waals surface area contributed by atoms with Crippen LogP contribution >= 0.6 is 11.3 Å². The third-order valence-corrected chi connectivity index (χ3v) is 3.95. The molecular formula is C14H14F3NOS. The van der Waals surface area contributed by atoms with Gasteiger partial charge in [0.1, 0.15) is 5.75 Å². The average molecular weight is 301 g/mol. The first-order valence-electron chi connectivity index (χ1n) is 5.92. The molecule has 0 saturated heterocycles. The van der Waals surface area contributed by atoms with Crippen LogP contribution in [0.25, 0.3) is 0 Å². The van der Waals surface area contributed by atoms with Gasteiger partial charge in [-0.15, -0.1) is 11.3 Å². The molecule has 1 N–H and O–H groups in total. The Morgan fingerprint density at radius 1 is 1.20 bits per heavy atom. The van der Waals surface area contributed by atoms with Crippen molar-refractivity contribution in [1.29, 1.82) is 0 Å². The van der Waals surface area contributed by atoms with E-state index in [1.165, 1.54) is 23.5 Å². The zero-order chi connectivity index (χ0) is 14.8. The van der Waals surface area contributed by atoms with Crippen molar-refractivity contribution in [2.75, 3.05) is 14.2 Å². The quantitative estimate of drug-likeness (QED) is 0.918. The number of ether oxygens (including phenoxy) is 1. The summed E-state index contributed by atoms with van der Waals surface area (Å²) in [6.07, 6.45) is -4.31. The van der Waals surface area contributed by atoms with Crippen molar-refractivity contribution in [3.63, 3.8) is 0 Å². The summed E-state index contributed by atoms with van der Waals surface area (Å²) in [5.74, 6) is 0.747. The molecule has 0 aliphatic carbocycles. The number of rotatable bonds is 4. The molecule has 0 saturated carbocycles. The van der Waals surface area contributed by atoms with Gasteiger partial charge >= 0.3 is 6.18 Å². The molecule has 0 aliphatic rings. The lowest BCUT2D eigenvalue weighted by atomic mass is 10.0. The maximum Gasteiger partial charge on any atom is 0.416 e. The molecule has 0 radical (unpaired) electrons. The Hall–Kier alpha value is -1.53. The Morgan fingerprint density at radius 2 is 1.85 bits per heavy atom. The van der Waals surface area contributed by atoms with Crippen LogP contribution in [0, 0.1) is 0 Å². The van der Waals surface area contributed by atoms with E-state index in [-0.39, 0.29) is 6.04 Å². The Kier molecular flexibility index (Phi) is 4.35. The van der Waals surface area contributed by atoms with Gasteiger partial charge in [0.05, 0.1) is 18.7 Å². The summed E-state index contributed by atoms with van der Waals surface area (Å²) in [7, 11) is 3.35. The first-order chi connectivity index (χ1) is 9.45. The molecule has 6 heteroatoms. The number of hydrogen-bond donors (Lipinski definition) is 1. The van der Waals surface area contributed by atoms with E-state index in [1.807, 2.05) is 11.4 Å². The van der Waals surface area contributed by atoms with E-state index in [4.69, 9.17) is 4.74 Å². The summed E-state index contributed by atoms with van der Waals surface area (Å²) >= 11 is 1.50. The number of hydrogen-bond acceptors (Lipinski definition) is 3. The standard InChI is InChI=1S/C14H14F3NOS/c1-18-13(12-7-11(19-2)8-20-12)9-3-5-10(6-4-9)14(15,16)17/h3-8,13,18H,1-2H3. The number of nitrogens with one attached hydrogen (secondary N) is 1. The Morgan fingerprint density at radius 3 is 2.30 bits per heavy atom. The number of thiophene rings is 1. The highest BCUT2D eigenvalue weighted by molar-refractivity contribution is 7.10. The lowest BCUT2D eigenvalue weighted by Gasteiger charge is -2.16. The monoisotopic (exact) mass is 301 g/mol. The van der Waals surface area contributed by atoms with Gasteiger partial charge in [-0.25, -0.2) is 0 Å². The third kappa shape index (κ3) is 3.13. The molecule has 1 aromatic heterocycles. The number of methoxy groups -OCH3 is 1. The first-order valence-corrected chi connectivity index (χ1v) is 6.80. The summed E-state index contributed by atoms with van der Waals surface area (Å²) < 4.78 is 42.8. The molecule has 0 aliphatic heterocycles. The highest BCUT2D eigenvalue weighted by Crippen LogP contribution is 2.33. The van der Waals surface area contributed by atoms with Gasteiger partial charge in [0.25, 0.3) is 0 Å². The summed E-state index contributed by atoms with van der Waals surface area (Å²) in [5, 5.41) is 4.97. The van der Waals surface area contributed by atoms with Crippen LogP contribution in [0.1, 0.15) is 22.0 Å². The topological polar surface area (TPSA) is 21.3 Å². The van der Waals surface area contributed by atoms with E-state index < -0.39 is 11.7 Å². The van der Waals surface area contributed by atoms with E-state index in [2.05, 4.69) is 5.32 Å². The minimum Gasteiger partial charge on any atom is -0.496 e. The van der Waals surface area contributed by atoms with Crippen molar-refractivity contribution < 1.29 is 17.9 Å². The van der Waals surface area contributed by atoms with E-state index in [0.29, 0.717) is 0 Å². The third-order valence-electron chi connectivity index (χ3n) is 2.98. The summed E-state index contributed by atoms with van der Waals surface area (Å²) in [5.41, 5.74) is 0.143. The van der Waals surface area contributed by atoms with Gasteiger partial charge < -0.3 is 10.1 Å². The smallest absolute Gasteiger partial charge is 0.416 e. The van der Waals surface area contributed by atoms with Gasteiger partial charge in [-0.05, 0) is 30.8 Å². The van der Waals surface area contributed by atoms with Crippen molar-refractivity contribution in [2.24, 2.45) is 0 Å². The zero-order valence-corrected chi connectivity index (χ0v) is 11.8. The molecule has 1 unspecified atom stereocenters. The summed E-state index contributed by atoms with van der Waals surface area (Å²) in [6, 6.07) is 6.93. The number of halogens is 3. The van der Waals surface area contributed by atoms with Crippen LogP contribution in [0.15, 0.2) is 35.7 Å². The minimum atomic E-state index is -4.31. The molecule has 0 spiro atoms. The van der Waals surface area contributed by atoms with Gasteiger partial charge in [-0.1, -0.05) is 12.1 Å². The second-order valence-corrected chi connectivity index (χ2v) is 5.17. The van der Waals surface area contributed by atoms with Crippen LogP contribution in [-0.2, 0) is 6.18 Å². The van der Waals surface area contributed by atoms with Crippen LogP contribution in [0.4, 0.5) is 13.2 Å². The Bertz CT molecular complexity index is 563. The van der Waals surface area contributed by atoms with Crippen LogP contribution in [0.2, 0.25) is 0 Å². The van der Waals surface area contributed by atoms with Gasteiger partial charge in [0.15, 0.2) is 0 Å². The Balaban J connectivity index is 2.28. The van der Waals surface area contributed by atoms with E-state index in [0.717, 1.165) is 28.3 Å². The van der Waals surface area contributed by atoms with E-state index in [9.17, 15) is 13.2 Å². The maximum absolute atomic E-state index is 12.5. The largest absolute Gasteiger partial charge is 0.496 e. The molecule has 1 heterocycles. The van der Waals surface area contributed by atoms with Crippen LogP contribution in [-0.4, -0.2) is 14.2 Å². The molecule has 2 rings (SSSR count). The van der Waals surface area contributed by atoms with Gasteiger partial charge in [0.2, 0.25) is 0 Å². The lowest BCUT2D eigenvalue weighted by Crippen LogP contribution is -2.16. The minimum absolute atomic E-state index is 0.147. The second-order valence-electron chi connectivity index (χ2n) is 4.23.